The van der Waals surface area contributed by atoms with Gasteiger partial charge in [0, 0.05) is 27.7 Å². The van der Waals surface area contributed by atoms with E-state index < -0.39 is 10.8 Å². The van der Waals surface area contributed by atoms with Crippen molar-refractivity contribution in [2.75, 3.05) is 13.7 Å². The molecule has 0 radical (unpaired) electrons. The minimum Gasteiger partial charge on any atom is -0.494 e. The molecule has 0 aliphatic rings. The Morgan fingerprint density at radius 1 is 1.32 bits per heavy atom. The van der Waals surface area contributed by atoms with Gasteiger partial charge in [-0.2, -0.15) is 0 Å². The van der Waals surface area contributed by atoms with Crippen molar-refractivity contribution < 1.29 is 8.95 Å². The van der Waals surface area contributed by atoms with Gasteiger partial charge < -0.3 is 10.1 Å². The van der Waals surface area contributed by atoms with Gasteiger partial charge in [-0.3, -0.25) is 4.21 Å². The van der Waals surface area contributed by atoms with Crippen LogP contribution in [0.25, 0.3) is 0 Å². The highest BCUT2D eigenvalue weighted by atomic mass is 32.2. The second kappa shape index (κ2) is 7.65. The van der Waals surface area contributed by atoms with Crippen molar-refractivity contribution in [2.24, 2.45) is 0 Å². The molecular weight excluding hydrogens is 258 g/mol. The predicted octanol–water partition coefficient (Wildman–Crippen LogP) is 3.02. The van der Waals surface area contributed by atoms with Crippen LogP contribution in [0.2, 0.25) is 0 Å². The van der Waals surface area contributed by atoms with Gasteiger partial charge in [0.2, 0.25) is 0 Å². The fourth-order valence-corrected chi connectivity index (χ4v) is 2.63. The molecule has 1 aromatic carbocycles. The van der Waals surface area contributed by atoms with Gasteiger partial charge in [-0.15, -0.1) is 0 Å². The van der Waals surface area contributed by atoms with E-state index in [1.165, 1.54) is 5.56 Å². The normalized spacial score (nSPS) is 14.4. The molecule has 0 spiro atoms. The molecule has 1 N–H and O–H groups in total. The first-order chi connectivity index (χ1) is 8.99. The zero-order chi connectivity index (χ0) is 14.4. The molecule has 2 unspecified atom stereocenters. The fourth-order valence-electron chi connectivity index (χ4n) is 1.76. The molecule has 0 amide bonds. The molecule has 0 fully saturated rings. The van der Waals surface area contributed by atoms with Gasteiger partial charge in [0.25, 0.3) is 0 Å². The largest absolute Gasteiger partial charge is 0.494 e. The first kappa shape index (κ1) is 16.2. The molecule has 19 heavy (non-hydrogen) atoms. The van der Waals surface area contributed by atoms with Crippen molar-refractivity contribution in [3.63, 3.8) is 0 Å². The Kier molecular flexibility index (Phi) is 6.52. The minimum atomic E-state index is -0.860. The van der Waals surface area contributed by atoms with Gasteiger partial charge in [0.1, 0.15) is 5.75 Å². The summed E-state index contributed by atoms with van der Waals surface area (Å²) < 4.78 is 17.7. The summed E-state index contributed by atoms with van der Waals surface area (Å²) in [6.07, 6.45) is 0. The average molecular weight is 283 g/mol. The van der Waals surface area contributed by atoms with Crippen LogP contribution in [0.4, 0.5) is 0 Å². The van der Waals surface area contributed by atoms with Crippen LogP contribution in [0, 0.1) is 0 Å². The van der Waals surface area contributed by atoms with Crippen LogP contribution in [0.5, 0.6) is 5.75 Å². The van der Waals surface area contributed by atoms with Crippen molar-refractivity contribution in [1.29, 1.82) is 0 Å². The molecule has 0 bridgehead atoms. The lowest BCUT2D eigenvalue weighted by molar-refractivity contribution is 0.337. The summed E-state index contributed by atoms with van der Waals surface area (Å²) in [6, 6.07) is 6.43. The number of benzene rings is 1. The fraction of sp³-hybridized carbons (Fsp3) is 0.600. The van der Waals surface area contributed by atoms with Crippen molar-refractivity contribution in [3.05, 3.63) is 29.3 Å². The Morgan fingerprint density at radius 3 is 2.53 bits per heavy atom. The quantitative estimate of drug-likeness (QED) is 0.836. The summed E-state index contributed by atoms with van der Waals surface area (Å²) in [4.78, 5) is 0. The number of hydrogen-bond acceptors (Lipinski definition) is 3. The minimum absolute atomic E-state index is 0.167. The van der Waals surface area contributed by atoms with Crippen LogP contribution in [-0.2, 0) is 16.6 Å². The molecule has 0 heterocycles. The number of nitrogens with one attached hydrogen (secondary N) is 1. The SMILES string of the molecule is CCOc1ccc(C(C)NC)cc1CS(=O)C(C)C. The lowest BCUT2D eigenvalue weighted by Crippen LogP contribution is -2.14. The number of ether oxygens (including phenoxy) is 1. The third kappa shape index (κ3) is 4.62. The van der Waals surface area contributed by atoms with E-state index in [0.29, 0.717) is 12.4 Å². The maximum absolute atomic E-state index is 12.1. The second-order valence-corrected chi connectivity index (χ2v) is 6.88. The molecule has 4 heteroatoms. The third-order valence-corrected chi connectivity index (χ3v) is 4.79. The van der Waals surface area contributed by atoms with E-state index in [-0.39, 0.29) is 11.3 Å². The van der Waals surface area contributed by atoms with Crippen molar-refractivity contribution in [3.8, 4) is 5.75 Å². The summed E-state index contributed by atoms with van der Waals surface area (Å²) in [6.45, 7) is 8.67. The van der Waals surface area contributed by atoms with Crippen LogP contribution in [0.1, 0.15) is 44.9 Å². The Labute approximate surface area is 119 Å². The van der Waals surface area contributed by atoms with Gasteiger partial charge in [-0.05, 0) is 38.6 Å². The molecule has 0 aliphatic carbocycles. The summed E-state index contributed by atoms with van der Waals surface area (Å²) >= 11 is 0. The summed E-state index contributed by atoms with van der Waals surface area (Å²) in [7, 11) is 1.08. The summed E-state index contributed by atoms with van der Waals surface area (Å²) in [5.41, 5.74) is 2.23. The van der Waals surface area contributed by atoms with E-state index >= 15 is 0 Å². The molecule has 0 saturated carbocycles. The Morgan fingerprint density at radius 2 is 2.00 bits per heavy atom. The van der Waals surface area contributed by atoms with Gasteiger partial charge >= 0.3 is 0 Å². The maximum atomic E-state index is 12.1. The van der Waals surface area contributed by atoms with Crippen LogP contribution in [0.15, 0.2) is 18.2 Å². The first-order valence-electron chi connectivity index (χ1n) is 6.79. The van der Waals surface area contributed by atoms with Crippen molar-refractivity contribution in [1.82, 2.24) is 5.32 Å². The van der Waals surface area contributed by atoms with Gasteiger partial charge in [-0.25, -0.2) is 0 Å². The molecule has 1 rings (SSSR count). The topological polar surface area (TPSA) is 38.3 Å². The molecule has 0 aromatic heterocycles. The predicted molar refractivity (Wildman–Crippen MR) is 82.1 cm³/mol. The standard InChI is InChI=1S/C15H25NO2S/c1-6-18-15-8-7-13(12(4)16-5)9-14(15)10-19(17)11(2)3/h7-9,11-12,16H,6,10H2,1-5H3. The van der Waals surface area contributed by atoms with E-state index in [1.54, 1.807) is 0 Å². The van der Waals surface area contributed by atoms with Crippen LogP contribution >= 0.6 is 0 Å². The summed E-state index contributed by atoms with van der Waals surface area (Å²) in [5.74, 6) is 1.40. The molecule has 1 aromatic rings. The molecular formula is C15H25NO2S. The molecule has 0 saturated heterocycles. The molecule has 0 aliphatic heterocycles. The molecule has 2 atom stereocenters. The zero-order valence-corrected chi connectivity index (χ0v) is 13.3. The second-order valence-electron chi connectivity index (χ2n) is 4.88. The van der Waals surface area contributed by atoms with Gasteiger partial charge in [0.15, 0.2) is 0 Å². The number of hydrogen-bond donors (Lipinski definition) is 1. The van der Waals surface area contributed by atoms with E-state index in [9.17, 15) is 4.21 Å². The monoisotopic (exact) mass is 283 g/mol. The lowest BCUT2D eigenvalue weighted by Gasteiger charge is -2.16. The Hall–Kier alpha value is -0.870. The maximum Gasteiger partial charge on any atom is 0.123 e. The van der Waals surface area contributed by atoms with E-state index in [0.717, 1.165) is 11.3 Å². The Bertz CT molecular complexity index is 432. The lowest BCUT2D eigenvalue weighted by atomic mass is 10.1. The zero-order valence-electron chi connectivity index (χ0n) is 12.5. The van der Waals surface area contributed by atoms with Crippen LogP contribution < -0.4 is 10.1 Å². The molecule has 3 nitrogen and oxygen atoms in total. The van der Waals surface area contributed by atoms with E-state index in [1.807, 2.05) is 33.9 Å². The highest BCUT2D eigenvalue weighted by Crippen LogP contribution is 2.25. The molecule has 108 valence electrons. The van der Waals surface area contributed by atoms with Gasteiger partial charge in [0.05, 0.1) is 12.4 Å². The van der Waals surface area contributed by atoms with Crippen molar-refractivity contribution >= 4 is 10.8 Å². The first-order valence-corrected chi connectivity index (χ1v) is 8.17. The average Bonchev–Trinajstić information content (AvgIpc) is 2.39. The van der Waals surface area contributed by atoms with Crippen molar-refractivity contribution in [2.45, 2.75) is 44.7 Å². The van der Waals surface area contributed by atoms with E-state index in [4.69, 9.17) is 4.74 Å². The Balaban J connectivity index is 3.04. The number of rotatable bonds is 7. The highest BCUT2D eigenvalue weighted by molar-refractivity contribution is 7.84. The van der Waals surface area contributed by atoms with Crippen LogP contribution in [0.3, 0.4) is 0 Å². The van der Waals surface area contributed by atoms with Gasteiger partial charge in [-0.1, -0.05) is 19.9 Å². The summed E-state index contributed by atoms with van der Waals surface area (Å²) in [5, 5.41) is 3.39. The highest BCUT2D eigenvalue weighted by Gasteiger charge is 2.13. The van der Waals surface area contributed by atoms with Crippen LogP contribution in [-0.4, -0.2) is 23.1 Å². The third-order valence-electron chi connectivity index (χ3n) is 3.14. The smallest absolute Gasteiger partial charge is 0.123 e. The van der Waals surface area contributed by atoms with E-state index in [2.05, 4.69) is 24.4 Å².